The summed E-state index contributed by atoms with van der Waals surface area (Å²) < 4.78 is 0. The summed E-state index contributed by atoms with van der Waals surface area (Å²) in [6.07, 6.45) is 0. The van der Waals surface area contributed by atoms with Crippen molar-refractivity contribution in [1.29, 1.82) is 5.26 Å². The van der Waals surface area contributed by atoms with Gasteiger partial charge in [0.2, 0.25) is 0 Å². The number of hydrogen-bond donors (Lipinski definition) is 0. The molecule has 2 rings (SSSR count). The molecule has 0 saturated heterocycles. The van der Waals surface area contributed by atoms with E-state index in [1.165, 1.54) is 0 Å². The summed E-state index contributed by atoms with van der Waals surface area (Å²) in [6, 6.07) is 15.3. The largest absolute Gasteiger partial charge is 0.337 e. The molecule has 2 aromatic rings. The van der Waals surface area contributed by atoms with Crippen molar-refractivity contribution in [2.24, 2.45) is 0 Å². The highest BCUT2D eigenvalue weighted by atomic mass is 16.2. The molecule has 0 atom stereocenters. The second kappa shape index (κ2) is 6.23. The van der Waals surface area contributed by atoms with Crippen molar-refractivity contribution in [1.82, 2.24) is 4.90 Å². The number of carbonyl (C=O) groups is 1. The van der Waals surface area contributed by atoms with Crippen molar-refractivity contribution in [3.63, 3.8) is 0 Å². The molecule has 0 aliphatic carbocycles. The van der Waals surface area contributed by atoms with Crippen LogP contribution in [0.25, 0.3) is 0 Å². The summed E-state index contributed by atoms with van der Waals surface area (Å²) in [6.45, 7) is 4.46. The Balaban J connectivity index is 2.15. The molecule has 0 fully saturated rings. The van der Waals surface area contributed by atoms with E-state index in [9.17, 15) is 4.79 Å². The molecule has 3 heteroatoms. The Bertz CT molecular complexity index is 696. The SMILES string of the molecule is Cc1ccc(C)c(C(=O)N(C)Cc2ccc(C#N)cc2)c1. The molecule has 0 aromatic heterocycles. The van der Waals surface area contributed by atoms with E-state index in [0.717, 1.165) is 22.3 Å². The molecule has 1 amide bonds. The molecule has 0 N–H and O–H groups in total. The lowest BCUT2D eigenvalue weighted by Gasteiger charge is -2.19. The summed E-state index contributed by atoms with van der Waals surface area (Å²) in [4.78, 5) is 14.2. The van der Waals surface area contributed by atoms with Gasteiger partial charge in [-0.3, -0.25) is 4.79 Å². The average molecular weight is 278 g/mol. The lowest BCUT2D eigenvalue weighted by Crippen LogP contribution is -2.26. The van der Waals surface area contributed by atoms with E-state index in [-0.39, 0.29) is 5.91 Å². The molecule has 3 nitrogen and oxygen atoms in total. The van der Waals surface area contributed by atoms with Crippen LogP contribution in [-0.2, 0) is 6.54 Å². The standard InChI is InChI=1S/C18H18N2O/c1-13-4-5-14(2)17(10-13)18(21)20(3)12-16-8-6-15(11-19)7-9-16/h4-10H,12H2,1-3H3. The molecule has 0 bridgehead atoms. The molecule has 21 heavy (non-hydrogen) atoms. The highest BCUT2D eigenvalue weighted by Crippen LogP contribution is 2.14. The number of benzene rings is 2. The Morgan fingerprint density at radius 1 is 1.14 bits per heavy atom. The maximum Gasteiger partial charge on any atom is 0.254 e. The molecule has 106 valence electrons. The van der Waals surface area contributed by atoms with Crippen LogP contribution in [0.15, 0.2) is 42.5 Å². The predicted octanol–water partition coefficient (Wildman–Crippen LogP) is 3.45. The van der Waals surface area contributed by atoms with Crippen molar-refractivity contribution < 1.29 is 4.79 Å². The van der Waals surface area contributed by atoms with Gasteiger partial charge in [-0.25, -0.2) is 0 Å². The minimum atomic E-state index is 0.0144. The zero-order valence-electron chi connectivity index (χ0n) is 12.6. The van der Waals surface area contributed by atoms with Crippen LogP contribution in [0, 0.1) is 25.2 Å². The van der Waals surface area contributed by atoms with E-state index in [4.69, 9.17) is 5.26 Å². The van der Waals surface area contributed by atoms with E-state index >= 15 is 0 Å². The first kappa shape index (κ1) is 14.8. The van der Waals surface area contributed by atoms with Crippen molar-refractivity contribution in [3.05, 3.63) is 70.3 Å². The number of amides is 1. The third-order valence-corrected chi connectivity index (χ3v) is 3.47. The van der Waals surface area contributed by atoms with E-state index in [1.807, 2.05) is 44.2 Å². The Morgan fingerprint density at radius 2 is 1.81 bits per heavy atom. The van der Waals surface area contributed by atoms with Gasteiger partial charge in [-0.2, -0.15) is 5.26 Å². The maximum absolute atomic E-state index is 12.5. The topological polar surface area (TPSA) is 44.1 Å². The smallest absolute Gasteiger partial charge is 0.254 e. The van der Waals surface area contributed by atoms with E-state index in [0.29, 0.717) is 12.1 Å². The van der Waals surface area contributed by atoms with Gasteiger partial charge in [-0.15, -0.1) is 0 Å². The summed E-state index contributed by atoms with van der Waals surface area (Å²) >= 11 is 0. The van der Waals surface area contributed by atoms with E-state index < -0.39 is 0 Å². The summed E-state index contributed by atoms with van der Waals surface area (Å²) in [5, 5.41) is 8.79. The van der Waals surface area contributed by atoms with Crippen LogP contribution in [0.4, 0.5) is 0 Å². The van der Waals surface area contributed by atoms with Gasteiger partial charge < -0.3 is 4.90 Å². The van der Waals surface area contributed by atoms with Crippen LogP contribution < -0.4 is 0 Å². The quantitative estimate of drug-likeness (QED) is 0.863. The Hall–Kier alpha value is -2.60. The van der Waals surface area contributed by atoms with Crippen LogP contribution in [0.2, 0.25) is 0 Å². The minimum Gasteiger partial charge on any atom is -0.337 e. The van der Waals surface area contributed by atoms with Gasteiger partial charge in [-0.1, -0.05) is 29.8 Å². The number of carbonyl (C=O) groups excluding carboxylic acids is 1. The van der Waals surface area contributed by atoms with Gasteiger partial charge in [0, 0.05) is 19.2 Å². The molecule has 0 heterocycles. The lowest BCUT2D eigenvalue weighted by molar-refractivity contribution is 0.0784. The maximum atomic E-state index is 12.5. The summed E-state index contributed by atoms with van der Waals surface area (Å²) in [5.41, 5.74) is 4.44. The lowest BCUT2D eigenvalue weighted by atomic mass is 10.0. The first-order valence-corrected chi connectivity index (χ1v) is 6.83. The zero-order chi connectivity index (χ0) is 15.4. The van der Waals surface area contributed by atoms with Crippen molar-refractivity contribution in [2.45, 2.75) is 20.4 Å². The summed E-state index contributed by atoms with van der Waals surface area (Å²) in [7, 11) is 1.79. The molecule has 0 aliphatic rings. The van der Waals surface area contributed by atoms with Gasteiger partial charge in [0.15, 0.2) is 0 Å². The van der Waals surface area contributed by atoms with Crippen molar-refractivity contribution in [2.75, 3.05) is 7.05 Å². The van der Waals surface area contributed by atoms with Crippen LogP contribution in [0.3, 0.4) is 0 Å². The number of hydrogen-bond acceptors (Lipinski definition) is 2. The summed E-state index contributed by atoms with van der Waals surface area (Å²) in [5.74, 6) is 0.0144. The van der Waals surface area contributed by atoms with Gasteiger partial charge >= 0.3 is 0 Å². The number of rotatable bonds is 3. The first-order chi connectivity index (χ1) is 10.0. The number of aryl methyl sites for hydroxylation is 2. The molecule has 0 aliphatic heterocycles. The molecule has 2 aromatic carbocycles. The van der Waals surface area contributed by atoms with Gasteiger partial charge in [0.25, 0.3) is 5.91 Å². The van der Waals surface area contributed by atoms with Gasteiger partial charge in [0.05, 0.1) is 11.6 Å². The molecular weight excluding hydrogens is 260 g/mol. The Kier molecular flexibility index (Phi) is 4.39. The normalized spacial score (nSPS) is 10.0. The highest BCUT2D eigenvalue weighted by molar-refractivity contribution is 5.95. The van der Waals surface area contributed by atoms with Crippen molar-refractivity contribution in [3.8, 4) is 6.07 Å². The zero-order valence-corrected chi connectivity index (χ0v) is 12.6. The number of nitrogens with zero attached hydrogens (tertiary/aromatic N) is 2. The average Bonchev–Trinajstić information content (AvgIpc) is 2.49. The molecule has 0 saturated carbocycles. The molecule has 0 spiro atoms. The predicted molar refractivity (Wildman–Crippen MR) is 82.9 cm³/mol. The van der Waals surface area contributed by atoms with E-state index in [2.05, 4.69) is 6.07 Å². The first-order valence-electron chi connectivity index (χ1n) is 6.83. The van der Waals surface area contributed by atoms with Crippen LogP contribution in [0.1, 0.15) is 32.6 Å². The third-order valence-electron chi connectivity index (χ3n) is 3.47. The minimum absolute atomic E-state index is 0.0144. The Labute approximate surface area is 125 Å². The second-order valence-corrected chi connectivity index (χ2v) is 5.29. The fourth-order valence-electron chi connectivity index (χ4n) is 2.20. The van der Waals surface area contributed by atoms with Crippen LogP contribution in [-0.4, -0.2) is 17.9 Å². The van der Waals surface area contributed by atoms with Gasteiger partial charge in [-0.05, 0) is 43.2 Å². The second-order valence-electron chi connectivity index (χ2n) is 5.29. The number of nitriles is 1. The van der Waals surface area contributed by atoms with Crippen LogP contribution >= 0.6 is 0 Å². The van der Waals surface area contributed by atoms with Crippen LogP contribution in [0.5, 0.6) is 0 Å². The van der Waals surface area contributed by atoms with E-state index in [1.54, 1.807) is 24.1 Å². The Morgan fingerprint density at radius 3 is 2.43 bits per heavy atom. The highest BCUT2D eigenvalue weighted by Gasteiger charge is 2.14. The molecule has 0 unspecified atom stereocenters. The fourth-order valence-corrected chi connectivity index (χ4v) is 2.20. The third kappa shape index (κ3) is 3.49. The molecular formula is C18H18N2O. The fraction of sp³-hybridized carbons (Fsp3) is 0.222. The molecule has 0 radical (unpaired) electrons. The van der Waals surface area contributed by atoms with Gasteiger partial charge in [0.1, 0.15) is 0 Å². The monoisotopic (exact) mass is 278 g/mol. The van der Waals surface area contributed by atoms with Crippen molar-refractivity contribution >= 4 is 5.91 Å².